The molecule has 0 radical (unpaired) electrons. The molecule has 0 saturated heterocycles. The number of fused-ring (bicyclic) bond motifs is 4. The topological polar surface area (TPSA) is 20.2 Å². The maximum absolute atomic E-state index is 10.5. The summed E-state index contributed by atoms with van der Waals surface area (Å²) in [6.45, 7) is 14.7. The molecule has 0 bridgehead atoms. The van der Waals surface area contributed by atoms with E-state index in [2.05, 4.69) is 47.6 Å². The molecule has 0 aliphatic heterocycles. The van der Waals surface area contributed by atoms with E-state index in [4.69, 9.17) is 0 Å². The Labute approximate surface area is 180 Å². The summed E-state index contributed by atoms with van der Waals surface area (Å²) in [6, 6.07) is 0. The van der Waals surface area contributed by atoms with Crippen molar-refractivity contribution in [2.45, 2.75) is 112 Å². The van der Waals surface area contributed by atoms with Gasteiger partial charge in [-0.2, -0.15) is 0 Å². The second-order valence-electron chi connectivity index (χ2n) is 12.2. The highest BCUT2D eigenvalue weighted by atomic mass is 16.3. The summed E-state index contributed by atoms with van der Waals surface area (Å²) in [7, 11) is 0. The van der Waals surface area contributed by atoms with Crippen LogP contribution in [-0.2, 0) is 0 Å². The van der Waals surface area contributed by atoms with E-state index in [1.54, 1.807) is 11.1 Å². The molecule has 4 rings (SSSR count). The molecule has 0 aromatic carbocycles. The predicted octanol–water partition coefficient (Wildman–Crippen LogP) is 7.70. The van der Waals surface area contributed by atoms with Crippen LogP contribution in [0.5, 0.6) is 0 Å². The van der Waals surface area contributed by atoms with E-state index in [1.807, 2.05) is 5.57 Å². The zero-order valence-electron chi connectivity index (χ0n) is 20.1. The van der Waals surface area contributed by atoms with Crippen molar-refractivity contribution in [2.24, 2.45) is 40.4 Å². The van der Waals surface area contributed by atoms with Gasteiger partial charge in [0, 0.05) is 0 Å². The smallest absolute Gasteiger partial charge is 0.0569 e. The second kappa shape index (κ2) is 7.85. The summed E-state index contributed by atoms with van der Waals surface area (Å²) in [5.74, 6) is 3.66. The van der Waals surface area contributed by atoms with E-state index in [1.165, 1.54) is 57.8 Å². The lowest BCUT2D eigenvalue weighted by molar-refractivity contribution is -0.0287. The van der Waals surface area contributed by atoms with Crippen molar-refractivity contribution in [1.29, 1.82) is 0 Å². The normalized spacial score (nSPS) is 43.0. The highest BCUT2D eigenvalue weighted by Crippen LogP contribution is 2.64. The van der Waals surface area contributed by atoms with E-state index in [-0.39, 0.29) is 6.10 Å². The molecule has 1 heteroatoms. The zero-order valence-corrected chi connectivity index (χ0v) is 20.1. The van der Waals surface area contributed by atoms with Crippen LogP contribution in [-0.4, -0.2) is 11.2 Å². The van der Waals surface area contributed by atoms with Gasteiger partial charge in [-0.3, -0.25) is 0 Å². The summed E-state index contributed by atoms with van der Waals surface area (Å²) < 4.78 is 0. The van der Waals surface area contributed by atoms with Crippen LogP contribution in [0.25, 0.3) is 0 Å². The van der Waals surface area contributed by atoms with Gasteiger partial charge >= 0.3 is 0 Å². The first kappa shape index (κ1) is 21.7. The predicted molar refractivity (Wildman–Crippen MR) is 124 cm³/mol. The maximum Gasteiger partial charge on any atom is 0.0569 e. The Balaban J connectivity index is 1.56. The van der Waals surface area contributed by atoms with Crippen molar-refractivity contribution in [1.82, 2.24) is 0 Å². The van der Waals surface area contributed by atoms with Crippen molar-refractivity contribution in [3.05, 3.63) is 22.8 Å². The van der Waals surface area contributed by atoms with Crippen LogP contribution in [0.1, 0.15) is 106 Å². The van der Waals surface area contributed by atoms with E-state index in [9.17, 15) is 5.11 Å². The fourth-order valence-electron chi connectivity index (χ4n) is 8.25. The molecule has 0 spiro atoms. The first-order valence-corrected chi connectivity index (χ1v) is 12.8. The molecule has 4 aliphatic rings. The minimum absolute atomic E-state index is 0.0779. The standard InChI is InChI=1S/C28H46O/c1-18(2)8-7-9-19(3)22-12-13-24-21-10-11-23-20(4)26(29)15-17-28(23,6)25(21)14-16-27(22,24)5/h13,18-20,22-23,26,29H,7-12,14-17H2,1-6H3/t19-,20+,22-,23+,26+,27-,28+/m1/s1. The molecule has 0 amide bonds. The lowest BCUT2D eigenvalue weighted by Gasteiger charge is -2.55. The number of hydrogen-bond donors (Lipinski definition) is 1. The van der Waals surface area contributed by atoms with Gasteiger partial charge in [0.15, 0.2) is 0 Å². The summed E-state index contributed by atoms with van der Waals surface area (Å²) in [6.07, 6.45) is 15.5. The van der Waals surface area contributed by atoms with Gasteiger partial charge in [-0.15, -0.1) is 0 Å². The van der Waals surface area contributed by atoms with Crippen molar-refractivity contribution >= 4 is 0 Å². The highest BCUT2D eigenvalue weighted by Gasteiger charge is 2.54. The van der Waals surface area contributed by atoms with E-state index in [0.717, 1.165) is 24.2 Å². The molecule has 0 unspecified atom stereocenters. The van der Waals surface area contributed by atoms with Gasteiger partial charge in [0.25, 0.3) is 0 Å². The number of allylic oxidation sites excluding steroid dienone is 4. The Morgan fingerprint density at radius 2 is 1.79 bits per heavy atom. The Bertz CT molecular complexity index is 684. The number of aliphatic hydroxyl groups excluding tert-OH is 1. The third kappa shape index (κ3) is 3.48. The fraction of sp³-hybridized carbons (Fsp3) is 0.857. The van der Waals surface area contributed by atoms with Gasteiger partial charge < -0.3 is 5.11 Å². The minimum atomic E-state index is -0.0779. The zero-order chi connectivity index (χ0) is 21.0. The molecule has 1 N–H and O–H groups in total. The molecular weight excluding hydrogens is 352 g/mol. The second-order valence-corrected chi connectivity index (χ2v) is 12.2. The molecule has 0 aromatic rings. The SMILES string of the molecule is CC(C)CCC[C@@H](C)[C@H]1CC=C2C3=C(CC[C@@]21C)[C@@]1(C)CC[C@H](O)[C@@H](C)[C@@H]1CC3. The molecule has 4 aliphatic carbocycles. The molecule has 1 fully saturated rings. The maximum atomic E-state index is 10.5. The van der Waals surface area contributed by atoms with Crippen molar-refractivity contribution in [2.75, 3.05) is 0 Å². The van der Waals surface area contributed by atoms with Gasteiger partial charge in [-0.1, -0.05) is 72.5 Å². The third-order valence-corrected chi connectivity index (χ3v) is 10.1. The molecule has 1 saturated carbocycles. The van der Waals surface area contributed by atoms with Crippen molar-refractivity contribution < 1.29 is 5.11 Å². The largest absolute Gasteiger partial charge is 0.393 e. The summed E-state index contributed by atoms with van der Waals surface area (Å²) in [5, 5.41) is 10.5. The first-order valence-electron chi connectivity index (χ1n) is 12.8. The summed E-state index contributed by atoms with van der Waals surface area (Å²) >= 11 is 0. The van der Waals surface area contributed by atoms with Gasteiger partial charge in [-0.05, 0) is 96.5 Å². The van der Waals surface area contributed by atoms with Crippen LogP contribution in [0.4, 0.5) is 0 Å². The van der Waals surface area contributed by atoms with Crippen LogP contribution >= 0.6 is 0 Å². The van der Waals surface area contributed by atoms with Crippen LogP contribution in [0.2, 0.25) is 0 Å². The number of rotatable bonds is 5. The Morgan fingerprint density at radius 1 is 1.03 bits per heavy atom. The van der Waals surface area contributed by atoms with E-state index >= 15 is 0 Å². The molecule has 164 valence electrons. The molecular formula is C28H46O. The average Bonchev–Trinajstić information content (AvgIpc) is 3.02. The lowest BCUT2D eigenvalue weighted by atomic mass is 9.49. The van der Waals surface area contributed by atoms with E-state index < -0.39 is 0 Å². The van der Waals surface area contributed by atoms with E-state index in [0.29, 0.717) is 22.7 Å². The lowest BCUT2D eigenvalue weighted by Crippen LogP contribution is -2.48. The Kier molecular flexibility index (Phi) is 5.86. The molecule has 29 heavy (non-hydrogen) atoms. The van der Waals surface area contributed by atoms with Crippen LogP contribution < -0.4 is 0 Å². The van der Waals surface area contributed by atoms with Crippen LogP contribution in [0, 0.1) is 40.4 Å². The molecule has 0 aromatic heterocycles. The third-order valence-electron chi connectivity index (χ3n) is 10.1. The summed E-state index contributed by atoms with van der Waals surface area (Å²) in [4.78, 5) is 0. The van der Waals surface area contributed by atoms with Gasteiger partial charge in [-0.25, -0.2) is 0 Å². The van der Waals surface area contributed by atoms with Crippen LogP contribution in [0.15, 0.2) is 22.8 Å². The van der Waals surface area contributed by atoms with Gasteiger partial charge in [0.05, 0.1) is 6.10 Å². The molecule has 7 atom stereocenters. The molecule has 1 nitrogen and oxygen atoms in total. The number of hydrogen-bond acceptors (Lipinski definition) is 1. The Morgan fingerprint density at radius 3 is 2.52 bits per heavy atom. The average molecular weight is 399 g/mol. The first-order chi connectivity index (χ1) is 13.7. The van der Waals surface area contributed by atoms with Crippen molar-refractivity contribution in [3.8, 4) is 0 Å². The quantitative estimate of drug-likeness (QED) is 0.503. The van der Waals surface area contributed by atoms with Gasteiger partial charge in [0.2, 0.25) is 0 Å². The number of aliphatic hydroxyl groups is 1. The minimum Gasteiger partial charge on any atom is -0.393 e. The summed E-state index contributed by atoms with van der Waals surface area (Å²) in [5.41, 5.74) is 6.11. The van der Waals surface area contributed by atoms with Crippen molar-refractivity contribution in [3.63, 3.8) is 0 Å². The van der Waals surface area contributed by atoms with Gasteiger partial charge in [0.1, 0.15) is 0 Å². The fourth-order valence-corrected chi connectivity index (χ4v) is 8.25. The molecule has 0 heterocycles. The monoisotopic (exact) mass is 398 g/mol. The van der Waals surface area contributed by atoms with Crippen LogP contribution in [0.3, 0.4) is 0 Å². The highest BCUT2D eigenvalue weighted by molar-refractivity contribution is 5.49. The Hall–Kier alpha value is -0.560.